The molecule has 0 aliphatic heterocycles. The molecule has 10 nitrogen and oxygen atoms in total. The molecule has 5 aromatic carbocycles. The quantitative estimate of drug-likeness (QED) is 0.156. The van der Waals surface area contributed by atoms with Crippen molar-refractivity contribution in [2.75, 3.05) is 17.7 Å². The molecule has 0 saturated carbocycles. The van der Waals surface area contributed by atoms with Crippen molar-refractivity contribution < 1.29 is 4.74 Å². The summed E-state index contributed by atoms with van der Waals surface area (Å²) in [5, 5.41) is 9.86. The topological polar surface area (TPSA) is 108 Å². The Kier molecular flexibility index (Phi) is 10.2. The van der Waals surface area contributed by atoms with Gasteiger partial charge in [-0.25, -0.2) is 0 Å². The van der Waals surface area contributed by atoms with Gasteiger partial charge >= 0.3 is 0 Å². The number of aromatic nitrogens is 7. The van der Waals surface area contributed by atoms with Crippen LogP contribution in [0.15, 0.2) is 153 Å². The van der Waals surface area contributed by atoms with E-state index in [0.717, 1.165) is 74.3 Å². The van der Waals surface area contributed by atoms with Crippen LogP contribution in [-0.4, -0.2) is 41.2 Å². The summed E-state index contributed by atoms with van der Waals surface area (Å²) in [6, 6.07) is 36.6. The van der Waals surface area contributed by atoms with Crippen LogP contribution < -0.4 is 15.4 Å². The number of methoxy groups -OCH3 is 1. The first-order valence-electron chi connectivity index (χ1n) is 21.1. The number of anilines is 2. The summed E-state index contributed by atoms with van der Waals surface area (Å²) in [4.78, 5) is 22.9. The van der Waals surface area contributed by atoms with E-state index < -0.39 is 0 Å². The van der Waals surface area contributed by atoms with Crippen molar-refractivity contribution in [1.29, 1.82) is 0 Å². The lowest BCUT2D eigenvalue weighted by atomic mass is 9.89. The Bertz CT molecular complexity index is 3220. The Balaban J connectivity index is 0.000000148. The second-order valence-electron chi connectivity index (χ2n) is 16.1. The Morgan fingerprint density at radius 2 is 1.24 bits per heavy atom. The molecule has 0 saturated heterocycles. The lowest BCUT2D eigenvalue weighted by Crippen LogP contribution is -2.17. The molecule has 2 unspecified atom stereocenters. The first kappa shape index (κ1) is 38.6. The number of hydrogen-bond acceptors (Lipinski definition) is 8. The van der Waals surface area contributed by atoms with Crippen LogP contribution in [0.1, 0.15) is 48.5 Å². The van der Waals surface area contributed by atoms with Gasteiger partial charge in [0.25, 0.3) is 0 Å². The molecular formula is C52H47N9O. The number of nitrogens with one attached hydrogen (secondary N) is 2. The van der Waals surface area contributed by atoms with Crippen LogP contribution in [0.3, 0.4) is 0 Å². The summed E-state index contributed by atoms with van der Waals surface area (Å²) in [5.74, 6) is 0.857. The highest BCUT2D eigenvalue weighted by Crippen LogP contribution is 2.37. The van der Waals surface area contributed by atoms with Crippen molar-refractivity contribution in [1.82, 2.24) is 34.1 Å². The highest BCUT2D eigenvalue weighted by Gasteiger charge is 2.21. The molecule has 306 valence electrons. The number of ether oxygens (including phenoxy) is 1. The summed E-state index contributed by atoms with van der Waals surface area (Å²) in [5.41, 5.74) is 16.4. The number of benzene rings is 5. The SMILES string of the molecule is COc1ccc(C(C)Nc2cc(-c3ccc4ccn(C)c4c3)c3nccnc3c2)cc1.Cn1ccc2ccc(-c3cc(NC4CCCc5ccncc54)cc4nccnc34)cc21. The van der Waals surface area contributed by atoms with E-state index in [4.69, 9.17) is 4.74 Å². The van der Waals surface area contributed by atoms with Crippen molar-refractivity contribution >= 4 is 55.2 Å². The molecule has 11 rings (SSSR count). The number of hydrogen-bond donors (Lipinski definition) is 2. The predicted octanol–water partition coefficient (Wildman–Crippen LogP) is 11.6. The van der Waals surface area contributed by atoms with Gasteiger partial charge in [0.1, 0.15) is 5.75 Å². The molecular weight excluding hydrogens is 767 g/mol. The number of nitrogens with zero attached hydrogens (tertiary/aromatic N) is 7. The van der Waals surface area contributed by atoms with Crippen molar-refractivity contribution in [2.45, 2.75) is 38.3 Å². The van der Waals surface area contributed by atoms with Gasteiger partial charge < -0.3 is 24.5 Å². The van der Waals surface area contributed by atoms with Crippen molar-refractivity contribution in [3.05, 3.63) is 169 Å². The number of fused-ring (bicyclic) bond motifs is 5. The molecule has 0 spiro atoms. The van der Waals surface area contributed by atoms with Crippen LogP contribution in [0.25, 0.3) is 66.1 Å². The number of pyridine rings is 1. The molecule has 5 heterocycles. The summed E-state index contributed by atoms with van der Waals surface area (Å²) in [6.45, 7) is 2.15. The van der Waals surface area contributed by atoms with Gasteiger partial charge in [-0.05, 0) is 132 Å². The maximum absolute atomic E-state index is 5.28. The van der Waals surface area contributed by atoms with Gasteiger partial charge in [-0.2, -0.15) is 0 Å². The van der Waals surface area contributed by atoms with E-state index in [9.17, 15) is 0 Å². The second kappa shape index (κ2) is 16.5. The third kappa shape index (κ3) is 7.55. The first-order chi connectivity index (χ1) is 30.4. The van der Waals surface area contributed by atoms with E-state index in [2.05, 4.69) is 169 Å². The average Bonchev–Trinajstić information content (AvgIpc) is 3.89. The zero-order valence-electron chi connectivity index (χ0n) is 35.2. The third-order valence-corrected chi connectivity index (χ3v) is 12.1. The molecule has 0 radical (unpaired) electrons. The van der Waals surface area contributed by atoms with E-state index in [1.54, 1.807) is 31.9 Å². The zero-order valence-corrected chi connectivity index (χ0v) is 35.2. The maximum Gasteiger partial charge on any atom is 0.118 e. The van der Waals surface area contributed by atoms with E-state index in [1.807, 2.05) is 24.5 Å². The minimum Gasteiger partial charge on any atom is -0.497 e. The van der Waals surface area contributed by atoms with Gasteiger partial charge in [0, 0.05) is 103 Å². The second-order valence-corrected chi connectivity index (χ2v) is 16.1. The molecule has 0 amide bonds. The molecule has 1 aliphatic rings. The molecule has 10 aromatic rings. The Labute approximate surface area is 360 Å². The summed E-state index contributed by atoms with van der Waals surface area (Å²) >= 11 is 0. The number of rotatable bonds is 8. The molecule has 2 atom stereocenters. The smallest absolute Gasteiger partial charge is 0.118 e. The van der Waals surface area contributed by atoms with E-state index in [0.29, 0.717) is 0 Å². The van der Waals surface area contributed by atoms with Crippen LogP contribution in [0, 0.1) is 0 Å². The highest BCUT2D eigenvalue weighted by molar-refractivity contribution is 5.98. The lowest BCUT2D eigenvalue weighted by molar-refractivity contribution is 0.414. The third-order valence-electron chi connectivity index (χ3n) is 12.1. The summed E-state index contributed by atoms with van der Waals surface area (Å²) in [7, 11) is 5.83. The summed E-state index contributed by atoms with van der Waals surface area (Å²) in [6.07, 6.45) is 18.5. The molecule has 10 heteroatoms. The van der Waals surface area contributed by atoms with Gasteiger partial charge in [0.15, 0.2) is 0 Å². The Morgan fingerprint density at radius 3 is 1.87 bits per heavy atom. The van der Waals surface area contributed by atoms with Gasteiger partial charge in [-0.1, -0.05) is 36.4 Å². The van der Waals surface area contributed by atoms with Crippen LogP contribution in [0.5, 0.6) is 5.75 Å². The van der Waals surface area contributed by atoms with E-state index in [-0.39, 0.29) is 12.1 Å². The van der Waals surface area contributed by atoms with Crippen LogP contribution in [0.4, 0.5) is 11.4 Å². The summed E-state index contributed by atoms with van der Waals surface area (Å²) < 4.78 is 9.57. The van der Waals surface area contributed by atoms with Gasteiger partial charge in [0.2, 0.25) is 0 Å². The van der Waals surface area contributed by atoms with Crippen molar-refractivity contribution in [2.24, 2.45) is 14.1 Å². The average molecular weight is 814 g/mol. The van der Waals surface area contributed by atoms with Crippen LogP contribution >= 0.6 is 0 Å². The van der Waals surface area contributed by atoms with Gasteiger partial charge in [-0.3, -0.25) is 24.9 Å². The normalized spacial score (nSPS) is 14.0. The van der Waals surface area contributed by atoms with Crippen LogP contribution in [-0.2, 0) is 20.5 Å². The van der Waals surface area contributed by atoms with Gasteiger partial charge in [-0.15, -0.1) is 0 Å². The van der Waals surface area contributed by atoms with Crippen molar-refractivity contribution in [3.8, 4) is 28.0 Å². The molecule has 2 N–H and O–H groups in total. The standard InChI is InChI=1S/C26H23N5.C26H24N4O/c1-31-12-8-18-5-6-19(13-25(18)31)21-14-20(15-24-26(21)29-11-10-28-24)30-23-4-2-3-17-7-9-27-16-22(17)23;1-17(18-6-8-22(31-3)9-7-18)29-21-15-23(26-24(16-21)27-11-12-28-26)20-5-4-19-10-13-30(2)25(19)14-20/h5-16,23,30H,2-4H2,1H3;4-17,29H,1-3H3. The predicted molar refractivity (Wildman–Crippen MR) is 251 cm³/mol. The fourth-order valence-corrected chi connectivity index (χ4v) is 8.82. The molecule has 62 heavy (non-hydrogen) atoms. The fraction of sp³-hybridized carbons (Fsp3) is 0.173. The minimum absolute atomic E-state index is 0.128. The minimum atomic E-state index is 0.128. The monoisotopic (exact) mass is 813 g/mol. The molecule has 0 bridgehead atoms. The maximum atomic E-state index is 5.28. The largest absolute Gasteiger partial charge is 0.497 e. The Morgan fingerprint density at radius 1 is 0.645 bits per heavy atom. The van der Waals surface area contributed by atoms with Gasteiger partial charge in [0.05, 0.1) is 35.2 Å². The van der Waals surface area contributed by atoms with Crippen LogP contribution in [0.2, 0.25) is 0 Å². The highest BCUT2D eigenvalue weighted by atomic mass is 16.5. The fourth-order valence-electron chi connectivity index (χ4n) is 8.82. The van der Waals surface area contributed by atoms with Crippen molar-refractivity contribution in [3.63, 3.8) is 0 Å². The molecule has 5 aromatic heterocycles. The molecule has 1 aliphatic carbocycles. The van der Waals surface area contributed by atoms with E-state index >= 15 is 0 Å². The Hall–Kier alpha value is -7.59. The van der Waals surface area contributed by atoms with E-state index in [1.165, 1.54) is 44.9 Å². The zero-order chi connectivity index (χ0) is 42.2. The molecule has 0 fully saturated rings. The number of aryl methyl sites for hydroxylation is 3. The first-order valence-corrected chi connectivity index (χ1v) is 21.1. The lowest BCUT2D eigenvalue weighted by Gasteiger charge is -2.27.